The summed E-state index contributed by atoms with van der Waals surface area (Å²) in [6.45, 7) is 2.76. The summed E-state index contributed by atoms with van der Waals surface area (Å²) in [6, 6.07) is 18.8. The van der Waals surface area contributed by atoms with Gasteiger partial charge in [0.2, 0.25) is 0 Å². The van der Waals surface area contributed by atoms with E-state index < -0.39 is 17.8 Å². The van der Waals surface area contributed by atoms with Crippen LogP contribution in [0.5, 0.6) is 11.5 Å². The number of barbiturate groups is 1. The molecule has 0 bridgehead atoms. The van der Waals surface area contributed by atoms with Gasteiger partial charge in [-0.25, -0.2) is 4.79 Å². The molecular formula is C25H22N2O5S. The van der Waals surface area contributed by atoms with Gasteiger partial charge in [0, 0.05) is 10.6 Å². The zero-order valence-electron chi connectivity index (χ0n) is 17.9. The van der Waals surface area contributed by atoms with Crippen molar-refractivity contribution in [2.45, 2.75) is 11.8 Å². The van der Waals surface area contributed by atoms with Gasteiger partial charge in [0.15, 0.2) is 11.5 Å². The van der Waals surface area contributed by atoms with E-state index in [4.69, 9.17) is 9.47 Å². The molecule has 168 valence electrons. The predicted molar refractivity (Wildman–Crippen MR) is 127 cm³/mol. The Kier molecular flexibility index (Phi) is 6.95. The van der Waals surface area contributed by atoms with Crippen LogP contribution in [0.3, 0.4) is 0 Å². The Morgan fingerprint density at radius 2 is 1.64 bits per heavy atom. The lowest BCUT2D eigenvalue weighted by Crippen LogP contribution is -2.51. The Hall–Kier alpha value is -3.78. The van der Waals surface area contributed by atoms with Crippen LogP contribution in [0.25, 0.3) is 16.8 Å². The summed E-state index contributed by atoms with van der Waals surface area (Å²) < 4.78 is 11.6. The predicted octanol–water partition coefficient (Wildman–Crippen LogP) is 4.16. The zero-order valence-corrected chi connectivity index (χ0v) is 18.7. The number of imide groups is 2. The van der Waals surface area contributed by atoms with Crippen LogP contribution in [0, 0.1) is 0 Å². The largest absolute Gasteiger partial charge is 0.490 e. The number of benzene rings is 3. The lowest BCUT2D eigenvalue weighted by Gasteiger charge is -2.15. The van der Waals surface area contributed by atoms with Crippen molar-refractivity contribution in [2.75, 3.05) is 19.0 Å². The molecule has 1 aliphatic heterocycles. The highest BCUT2D eigenvalue weighted by molar-refractivity contribution is 7.99. The average molecular weight is 463 g/mol. The van der Waals surface area contributed by atoms with E-state index in [0.717, 1.165) is 5.75 Å². The summed E-state index contributed by atoms with van der Waals surface area (Å²) >= 11 is 1.72. The summed E-state index contributed by atoms with van der Waals surface area (Å²) in [5.41, 5.74) is 0.419. The highest BCUT2D eigenvalue weighted by atomic mass is 32.2. The highest BCUT2D eigenvalue weighted by Gasteiger charge is 2.27. The molecule has 2 N–H and O–H groups in total. The Morgan fingerprint density at radius 3 is 2.42 bits per heavy atom. The maximum Gasteiger partial charge on any atom is 0.328 e. The Morgan fingerprint density at radius 1 is 0.879 bits per heavy atom. The van der Waals surface area contributed by atoms with Crippen LogP contribution >= 0.6 is 11.8 Å². The molecule has 1 aliphatic rings. The number of amides is 4. The number of hydrogen-bond acceptors (Lipinski definition) is 6. The van der Waals surface area contributed by atoms with Gasteiger partial charge < -0.3 is 9.47 Å². The number of hydrogen-bond donors (Lipinski definition) is 2. The van der Waals surface area contributed by atoms with E-state index in [2.05, 4.69) is 41.0 Å². The lowest BCUT2D eigenvalue weighted by molar-refractivity contribution is -0.123. The highest BCUT2D eigenvalue weighted by Crippen LogP contribution is 2.31. The molecule has 0 atom stereocenters. The molecule has 8 heteroatoms. The minimum Gasteiger partial charge on any atom is -0.490 e. The minimum atomic E-state index is -0.831. The molecule has 3 aromatic carbocycles. The van der Waals surface area contributed by atoms with E-state index in [9.17, 15) is 14.4 Å². The van der Waals surface area contributed by atoms with Crippen molar-refractivity contribution in [2.24, 2.45) is 0 Å². The standard InChI is InChI=1S/C25H22N2O5S/c1-2-31-21-15-16(14-19-23(28)26-25(30)27-24(19)29)10-11-20(21)32-12-13-33-22-9-5-7-17-6-3-4-8-18(17)22/h3-11,14-15H,2,12-13H2,1H3,(H2,26,27,28,29,30). The maximum atomic E-state index is 12.0. The molecule has 1 fully saturated rings. The number of urea groups is 1. The van der Waals surface area contributed by atoms with Crippen molar-refractivity contribution in [3.63, 3.8) is 0 Å². The van der Waals surface area contributed by atoms with Gasteiger partial charge >= 0.3 is 6.03 Å². The van der Waals surface area contributed by atoms with Crippen molar-refractivity contribution in [1.29, 1.82) is 0 Å². The van der Waals surface area contributed by atoms with E-state index in [1.165, 1.54) is 21.7 Å². The zero-order chi connectivity index (χ0) is 23.2. The third kappa shape index (κ3) is 5.35. The van der Waals surface area contributed by atoms with Gasteiger partial charge in [0.1, 0.15) is 5.57 Å². The lowest BCUT2D eigenvalue weighted by atomic mass is 10.1. The second-order valence-electron chi connectivity index (χ2n) is 7.11. The quantitative estimate of drug-likeness (QED) is 0.226. The second kappa shape index (κ2) is 10.2. The van der Waals surface area contributed by atoms with E-state index in [1.54, 1.807) is 30.0 Å². The van der Waals surface area contributed by atoms with Crippen LogP contribution in [0.1, 0.15) is 12.5 Å². The van der Waals surface area contributed by atoms with Gasteiger partial charge in [0.05, 0.1) is 13.2 Å². The van der Waals surface area contributed by atoms with Crippen LogP contribution in [0.4, 0.5) is 4.79 Å². The third-order valence-corrected chi connectivity index (χ3v) is 5.91. The topological polar surface area (TPSA) is 93.7 Å². The van der Waals surface area contributed by atoms with Crippen LogP contribution < -0.4 is 20.1 Å². The number of ether oxygens (including phenoxy) is 2. The van der Waals surface area contributed by atoms with Gasteiger partial charge in [-0.15, -0.1) is 11.8 Å². The van der Waals surface area contributed by atoms with Crippen LogP contribution in [-0.4, -0.2) is 36.8 Å². The first-order chi connectivity index (χ1) is 16.0. The Bertz CT molecular complexity index is 1230. The van der Waals surface area contributed by atoms with Crippen molar-refractivity contribution in [3.8, 4) is 11.5 Å². The number of rotatable bonds is 8. The molecule has 0 unspecified atom stereocenters. The molecule has 4 rings (SSSR count). The van der Waals surface area contributed by atoms with Crippen molar-refractivity contribution < 1.29 is 23.9 Å². The third-order valence-electron chi connectivity index (χ3n) is 4.87. The fourth-order valence-corrected chi connectivity index (χ4v) is 4.30. The molecule has 0 radical (unpaired) electrons. The fourth-order valence-electron chi connectivity index (χ4n) is 3.40. The van der Waals surface area contributed by atoms with Crippen molar-refractivity contribution in [1.82, 2.24) is 10.6 Å². The molecule has 1 saturated heterocycles. The molecule has 33 heavy (non-hydrogen) atoms. The smallest absolute Gasteiger partial charge is 0.328 e. The number of nitrogens with one attached hydrogen (secondary N) is 2. The summed E-state index contributed by atoms with van der Waals surface area (Å²) in [7, 11) is 0. The first-order valence-electron chi connectivity index (χ1n) is 10.4. The van der Waals surface area contributed by atoms with E-state index >= 15 is 0 Å². The molecule has 3 aromatic rings. The summed E-state index contributed by atoms with van der Waals surface area (Å²) in [5.74, 6) is 0.347. The molecule has 0 aliphatic carbocycles. The first kappa shape index (κ1) is 22.4. The summed E-state index contributed by atoms with van der Waals surface area (Å²) in [4.78, 5) is 36.3. The summed E-state index contributed by atoms with van der Waals surface area (Å²) in [6.07, 6.45) is 1.40. The molecular weight excluding hydrogens is 440 g/mol. The molecule has 0 aromatic heterocycles. The second-order valence-corrected chi connectivity index (χ2v) is 8.25. The van der Waals surface area contributed by atoms with Gasteiger partial charge in [-0.2, -0.15) is 0 Å². The monoisotopic (exact) mass is 462 g/mol. The number of carbonyl (C=O) groups excluding carboxylic acids is 3. The molecule has 0 saturated carbocycles. The van der Waals surface area contributed by atoms with E-state index in [0.29, 0.717) is 30.3 Å². The van der Waals surface area contributed by atoms with E-state index in [1.807, 2.05) is 19.1 Å². The normalized spacial score (nSPS) is 13.5. The van der Waals surface area contributed by atoms with Gasteiger partial charge in [-0.05, 0) is 47.5 Å². The maximum absolute atomic E-state index is 12.0. The van der Waals surface area contributed by atoms with E-state index in [-0.39, 0.29) is 5.57 Å². The van der Waals surface area contributed by atoms with Crippen LogP contribution in [-0.2, 0) is 9.59 Å². The Balaban J connectivity index is 1.43. The van der Waals surface area contributed by atoms with Crippen LogP contribution in [0.15, 0.2) is 71.1 Å². The number of fused-ring (bicyclic) bond motifs is 1. The molecule has 0 spiro atoms. The SMILES string of the molecule is CCOc1cc(C=C2C(=O)NC(=O)NC2=O)ccc1OCCSc1cccc2ccccc12. The van der Waals surface area contributed by atoms with Gasteiger partial charge in [0.25, 0.3) is 11.8 Å². The molecule has 1 heterocycles. The van der Waals surface area contributed by atoms with Gasteiger partial charge in [-0.1, -0.05) is 42.5 Å². The Labute approximate surface area is 195 Å². The average Bonchev–Trinajstić information content (AvgIpc) is 2.80. The minimum absolute atomic E-state index is 0.155. The molecule has 7 nitrogen and oxygen atoms in total. The van der Waals surface area contributed by atoms with Crippen molar-refractivity contribution in [3.05, 3.63) is 71.8 Å². The fraction of sp³-hybridized carbons (Fsp3) is 0.160. The first-order valence-corrected chi connectivity index (χ1v) is 11.4. The summed E-state index contributed by atoms with van der Waals surface area (Å²) in [5, 5.41) is 6.53. The van der Waals surface area contributed by atoms with Crippen LogP contribution in [0.2, 0.25) is 0 Å². The number of carbonyl (C=O) groups is 3. The molecule has 4 amide bonds. The number of thioether (sulfide) groups is 1. The van der Waals surface area contributed by atoms with Gasteiger partial charge in [-0.3, -0.25) is 20.2 Å². The van der Waals surface area contributed by atoms with Crippen molar-refractivity contribution >= 4 is 46.5 Å².